The van der Waals surface area contributed by atoms with E-state index in [0.29, 0.717) is 5.92 Å². The van der Waals surface area contributed by atoms with Crippen molar-refractivity contribution in [1.82, 2.24) is 9.97 Å². The van der Waals surface area contributed by atoms with Crippen LogP contribution in [0.1, 0.15) is 37.0 Å². The molecule has 14 heavy (non-hydrogen) atoms. The van der Waals surface area contributed by atoms with E-state index in [1.165, 1.54) is 0 Å². The molecule has 0 aliphatic rings. The summed E-state index contributed by atoms with van der Waals surface area (Å²) in [7, 11) is 0. The molecule has 0 bridgehead atoms. The first kappa shape index (κ1) is 10.5. The Morgan fingerprint density at radius 1 is 1.36 bits per heavy atom. The third kappa shape index (κ3) is 2.22. The third-order valence-electron chi connectivity index (χ3n) is 1.92. The number of H-pyrrole nitrogens is 1. The molecular formula is C12H16N2. The maximum absolute atomic E-state index is 4.42. The molecule has 2 nitrogen and oxygen atoms in total. The van der Waals surface area contributed by atoms with Crippen LogP contribution >= 0.6 is 0 Å². The van der Waals surface area contributed by atoms with Gasteiger partial charge in [0.15, 0.2) is 0 Å². The molecule has 0 aliphatic carbocycles. The fraction of sp³-hybridized carbons (Fsp3) is 0.250. The summed E-state index contributed by atoms with van der Waals surface area (Å²) in [6, 6.07) is 0. The number of rotatable bonds is 4. The van der Waals surface area contributed by atoms with Gasteiger partial charge in [-0.05, 0) is 12.2 Å². The van der Waals surface area contributed by atoms with Crippen LogP contribution in [0.2, 0.25) is 0 Å². The molecule has 0 fully saturated rings. The van der Waals surface area contributed by atoms with Crippen molar-refractivity contribution < 1.29 is 0 Å². The molecule has 0 amide bonds. The molecule has 1 aromatic rings. The highest BCUT2D eigenvalue weighted by molar-refractivity contribution is 5.59. The van der Waals surface area contributed by atoms with E-state index in [9.17, 15) is 0 Å². The SMILES string of the molecule is C=C/C=C\c1[nH]c(C(C)C)nc1C=C. The maximum atomic E-state index is 4.42. The fourth-order valence-electron chi connectivity index (χ4n) is 1.14. The van der Waals surface area contributed by atoms with E-state index >= 15 is 0 Å². The van der Waals surface area contributed by atoms with E-state index in [0.717, 1.165) is 17.2 Å². The van der Waals surface area contributed by atoms with Crippen LogP contribution in [0.5, 0.6) is 0 Å². The largest absolute Gasteiger partial charge is 0.342 e. The van der Waals surface area contributed by atoms with E-state index in [2.05, 4.69) is 37.0 Å². The maximum Gasteiger partial charge on any atom is 0.109 e. The van der Waals surface area contributed by atoms with Gasteiger partial charge in [0.05, 0.1) is 11.4 Å². The zero-order valence-corrected chi connectivity index (χ0v) is 8.75. The van der Waals surface area contributed by atoms with E-state index in [1.54, 1.807) is 12.2 Å². The Balaban J connectivity index is 3.07. The van der Waals surface area contributed by atoms with Gasteiger partial charge in [-0.15, -0.1) is 0 Å². The lowest BCUT2D eigenvalue weighted by Crippen LogP contribution is -1.89. The minimum Gasteiger partial charge on any atom is -0.342 e. The third-order valence-corrected chi connectivity index (χ3v) is 1.92. The van der Waals surface area contributed by atoms with Crippen molar-refractivity contribution >= 4 is 12.2 Å². The monoisotopic (exact) mass is 188 g/mol. The van der Waals surface area contributed by atoms with Crippen molar-refractivity contribution in [3.63, 3.8) is 0 Å². The summed E-state index contributed by atoms with van der Waals surface area (Å²) in [6.07, 6.45) is 7.32. The Bertz CT molecular complexity index is 356. The number of aromatic nitrogens is 2. The Morgan fingerprint density at radius 2 is 2.07 bits per heavy atom. The van der Waals surface area contributed by atoms with Crippen LogP contribution in [0.25, 0.3) is 12.2 Å². The van der Waals surface area contributed by atoms with Crippen molar-refractivity contribution in [2.45, 2.75) is 19.8 Å². The summed E-state index contributed by atoms with van der Waals surface area (Å²) in [5, 5.41) is 0. The molecule has 0 radical (unpaired) electrons. The van der Waals surface area contributed by atoms with Crippen LogP contribution in [0.15, 0.2) is 25.3 Å². The molecule has 1 heterocycles. The van der Waals surface area contributed by atoms with Gasteiger partial charge in [0, 0.05) is 5.92 Å². The van der Waals surface area contributed by atoms with E-state index in [1.807, 2.05) is 12.2 Å². The van der Waals surface area contributed by atoms with Gasteiger partial charge in [0.1, 0.15) is 5.82 Å². The van der Waals surface area contributed by atoms with Crippen molar-refractivity contribution in [2.24, 2.45) is 0 Å². The average molecular weight is 188 g/mol. The van der Waals surface area contributed by atoms with Gasteiger partial charge in [0.25, 0.3) is 0 Å². The lowest BCUT2D eigenvalue weighted by Gasteiger charge is -1.96. The lowest BCUT2D eigenvalue weighted by molar-refractivity contribution is 0.793. The highest BCUT2D eigenvalue weighted by Crippen LogP contribution is 2.15. The number of nitrogens with zero attached hydrogens (tertiary/aromatic N) is 1. The van der Waals surface area contributed by atoms with E-state index < -0.39 is 0 Å². The molecule has 1 rings (SSSR count). The summed E-state index contributed by atoms with van der Waals surface area (Å²) in [4.78, 5) is 7.67. The molecule has 1 aromatic heterocycles. The molecule has 0 unspecified atom stereocenters. The molecule has 0 atom stereocenters. The van der Waals surface area contributed by atoms with Crippen LogP contribution in [0, 0.1) is 0 Å². The van der Waals surface area contributed by atoms with Crippen LogP contribution in [0.4, 0.5) is 0 Å². The number of nitrogens with one attached hydrogen (secondary N) is 1. The van der Waals surface area contributed by atoms with Gasteiger partial charge in [-0.3, -0.25) is 0 Å². The van der Waals surface area contributed by atoms with Crippen molar-refractivity contribution in [3.8, 4) is 0 Å². The van der Waals surface area contributed by atoms with Crippen molar-refractivity contribution in [3.05, 3.63) is 42.5 Å². The second kappa shape index (κ2) is 4.61. The molecule has 0 aliphatic heterocycles. The molecule has 0 saturated heterocycles. The first-order valence-electron chi connectivity index (χ1n) is 4.70. The van der Waals surface area contributed by atoms with Crippen LogP contribution < -0.4 is 0 Å². The van der Waals surface area contributed by atoms with Gasteiger partial charge in [-0.2, -0.15) is 0 Å². The molecule has 0 aromatic carbocycles. The zero-order chi connectivity index (χ0) is 10.6. The number of hydrogen-bond acceptors (Lipinski definition) is 1. The summed E-state index contributed by atoms with van der Waals surface area (Å²) >= 11 is 0. The first-order chi connectivity index (χ1) is 6.69. The Morgan fingerprint density at radius 3 is 2.57 bits per heavy atom. The molecule has 1 N–H and O–H groups in total. The number of aromatic amines is 1. The lowest BCUT2D eigenvalue weighted by atomic mass is 10.2. The average Bonchev–Trinajstić information content (AvgIpc) is 2.57. The summed E-state index contributed by atoms with van der Waals surface area (Å²) in [5.41, 5.74) is 1.88. The summed E-state index contributed by atoms with van der Waals surface area (Å²) < 4.78 is 0. The highest BCUT2D eigenvalue weighted by Gasteiger charge is 2.07. The molecule has 74 valence electrons. The van der Waals surface area contributed by atoms with Crippen LogP contribution in [-0.4, -0.2) is 9.97 Å². The number of imidazole rings is 1. The standard InChI is InChI=1S/C12H16N2/c1-5-7-8-11-10(6-2)13-12(14-11)9(3)4/h5-9H,1-2H2,3-4H3,(H,13,14)/b8-7-. The van der Waals surface area contributed by atoms with Gasteiger partial charge in [0.2, 0.25) is 0 Å². The predicted molar refractivity (Wildman–Crippen MR) is 62.0 cm³/mol. The Labute approximate surface area is 85.1 Å². The first-order valence-corrected chi connectivity index (χ1v) is 4.70. The van der Waals surface area contributed by atoms with Gasteiger partial charge >= 0.3 is 0 Å². The summed E-state index contributed by atoms with van der Waals surface area (Å²) in [6.45, 7) is 11.6. The second-order valence-electron chi connectivity index (χ2n) is 3.37. The number of hydrogen-bond donors (Lipinski definition) is 1. The summed E-state index contributed by atoms with van der Waals surface area (Å²) in [5.74, 6) is 1.39. The van der Waals surface area contributed by atoms with Gasteiger partial charge in [-0.25, -0.2) is 4.98 Å². The van der Waals surface area contributed by atoms with E-state index in [4.69, 9.17) is 0 Å². The van der Waals surface area contributed by atoms with Gasteiger partial charge < -0.3 is 4.98 Å². The minimum absolute atomic E-state index is 0.402. The molecule has 0 spiro atoms. The second-order valence-corrected chi connectivity index (χ2v) is 3.37. The Hall–Kier alpha value is -1.57. The van der Waals surface area contributed by atoms with Crippen molar-refractivity contribution in [1.29, 1.82) is 0 Å². The number of allylic oxidation sites excluding steroid dienone is 2. The molecule has 0 saturated carbocycles. The Kier molecular flexibility index (Phi) is 3.46. The quantitative estimate of drug-likeness (QED) is 0.721. The van der Waals surface area contributed by atoms with Gasteiger partial charge in [-0.1, -0.05) is 39.2 Å². The smallest absolute Gasteiger partial charge is 0.109 e. The normalized spacial score (nSPS) is 11.1. The van der Waals surface area contributed by atoms with Crippen LogP contribution in [-0.2, 0) is 0 Å². The van der Waals surface area contributed by atoms with Crippen molar-refractivity contribution in [2.75, 3.05) is 0 Å². The zero-order valence-electron chi connectivity index (χ0n) is 8.75. The predicted octanol–water partition coefficient (Wildman–Crippen LogP) is 3.38. The van der Waals surface area contributed by atoms with Crippen LogP contribution in [0.3, 0.4) is 0 Å². The topological polar surface area (TPSA) is 28.7 Å². The minimum atomic E-state index is 0.402. The fourth-order valence-corrected chi connectivity index (χ4v) is 1.14. The molecule has 2 heteroatoms. The van der Waals surface area contributed by atoms with E-state index in [-0.39, 0.29) is 0 Å². The molecular weight excluding hydrogens is 172 g/mol. The highest BCUT2D eigenvalue weighted by atomic mass is 14.9.